The van der Waals surface area contributed by atoms with Crippen molar-refractivity contribution in [3.63, 3.8) is 0 Å². The van der Waals surface area contributed by atoms with Crippen molar-refractivity contribution >= 4 is 65.0 Å². The van der Waals surface area contributed by atoms with Gasteiger partial charge < -0.3 is 4.42 Å². The second kappa shape index (κ2) is 10.2. The Kier molecular flexibility index (Phi) is 5.88. The molecule has 9 rings (SSSR count). The van der Waals surface area contributed by atoms with Gasteiger partial charge in [0, 0.05) is 21.9 Å². The van der Waals surface area contributed by atoms with Crippen LogP contribution in [-0.4, -0.2) is 9.97 Å². The van der Waals surface area contributed by atoms with E-state index in [0.29, 0.717) is 5.56 Å². The molecule has 0 atom stereocenters. The molecule has 45 heavy (non-hydrogen) atoms. The van der Waals surface area contributed by atoms with Crippen molar-refractivity contribution in [2.24, 2.45) is 0 Å². The van der Waals surface area contributed by atoms with Crippen LogP contribution >= 0.6 is 22.7 Å². The Morgan fingerprint density at radius 2 is 1.02 bits per heavy atom. The van der Waals surface area contributed by atoms with Crippen molar-refractivity contribution in [3.05, 3.63) is 133 Å². The summed E-state index contributed by atoms with van der Waals surface area (Å²) >= 11 is 3.42. The Balaban J connectivity index is 1.17. The maximum atomic E-state index is 9.36. The smallest absolute Gasteiger partial charge is 0.136 e. The van der Waals surface area contributed by atoms with Crippen LogP contribution in [-0.2, 0) is 0 Å². The van der Waals surface area contributed by atoms with Crippen LogP contribution in [0.1, 0.15) is 5.56 Å². The van der Waals surface area contributed by atoms with E-state index in [-0.39, 0.29) is 0 Å². The van der Waals surface area contributed by atoms with E-state index in [2.05, 4.69) is 103 Å². The first kappa shape index (κ1) is 25.8. The highest BCUT2D eigenvalue weighted by Gasteiger charge is 2.14. The fourth-order valence-electron chi connectivity index (χ4n) is 5.91. The van der Waals surface area contributed by atoms with Gasteiger partial charge in [-0.25, -0.2) is 9.97 Å². The highest BCUT2D eigenvalue weighted by atomic mass is 32.1. The van der Waals surface area contributed by atoms with Crippen LogP contribution in [0.5, 0.6) is 0 Å². The summed E-state index contributed by atoms with van der Waals surface area (Å²) in [6.07, 6.45) is 0. The average Bonchev–Trinajstić information content (AvgIpc) is 3.82. The van der Waals surface area contributed by atoms with E-state index in [9.17, 15) is 5.26 Å². The molecule has 0 unspecified atom stereocenters. The zero-order valence-electron chi connectivity index (χ0n) is 23.7. The molecular formula is C39H21N3OS2. The van der Waals surface area contributed by atoms with Crippen molar-refractivity contribution in [1.82, 2.24) is 9.97 Å². The number of nitriles is 1. The molecule has 9 aromatic rings. The number of fused-ring (bicyclic) bond motifs is 5. The topological polar surface area (TPSA) is 62.7 Å². The Morgan fingerprint density at radius 3 is 1.69 bits per heavy atom. The van der Waals surface area contributed by atoms with Gasteiger partial charge in [0.05, 0.1) is 32.1 Å². The molecule has 0 fully saturated rings. The molecule has 3 heterocycles. The van der Waals surface area contributed by atoms with E-state index < -0.39 is 0 Å². The lowest BCUT2D eigenvalue weighted by Crippen LogP contribution is -1.86. The molecule has 4 nitrogen and oxygen atoms in total. The maximum absolute atomic E-state index is 9.36. The van der Waals surface area contributed by atoms with E-state index in [1.807, 2.05) is 24.3 Å². The van der Waals surface area contributed by atoms with Crippen LogP contribution in [0.3, 0.4) is 0 Å². The number of thiazole rings is 2. The summed E-state index contributed by atoms with van der Waals surface area (Å²) in [6, 6.07) is 46.1. The number of hydrogen-bond donors (Lipinski definition) is 0. The summed E-state index contributed by atoms with van der Waals surface area (Å²) in [4.78, 5) is 9.84. The number of hydrogen-bond acceptors (Lipinski definition) is 6. The molecule has 0 radical (unpaired) electrons. The summed E-state index contributed by atoms with van der Waals surface area (Å²) in [5.41, 5.74) is 10.7. The second-order valence-electron chi connectivity index (χ2n) is 11.0. The van der Waals surface area contributed by atoms with Gasteiger partial charge in [0.25, 0.3) is 0 Å². The van der Waals surface area contributed by atoms with E-state index in [1.54, 1.807) is 28.7 Å². The largest absolute Gasteiger partial charge is 0.456 e. The molecule has 0 saturated heterocycles. The fourth-order valence-corrected chi connectivity index (χ4v) is 7.83. The minimum atomic E-state index is 0.587. The third kappa shape index (κ3) is 4.49. The van der Waals surface area contributed by atoms with Crippen molar-refractivity contribution < 1.29 is 4.42 Å². The summed E-state index contributed by atoms with van der Waals surface area (Å²) in [5, 5.41) is 13.4. The van der Waals surface area contributed by atoms with Gasteiger partial charge in [0.15, 0.2) is 0 Å². The molecule has 0 saturated carbocycles. The van der Waals surface area contributed by atoms with Gasteiger partial charge in [0.1, 0.15) is 21.2 Å². The normalized spacial score (nSPS) is 11.5. The Labute approximate surface area is 266 Å². The first-order chi connectivity index (χ1) is 22.2. The molecule has 6 heteroatoms. The van der Waals surface area contributed by atoms with Crippen LogP contribution < -0.4 is 0 Å². The maximum Gasteiger partial charge on any atom is 0.136 e. The molecule has 6 aromatic carbocycles. The first-order valence-electron chi connectivity index (χ1n) is 14.5. The number of nitrogens with zero attached hydrogens (tertiary/aromatic N) is 3. The lowest BCUT2D eigenvalue weighted by molar-refractivity contribution is 0.669. The number of furan rings is 1. The molecule has 0 amide bonds. The minimum absolute atomic E-state index is 0.587. The number of para-hydroxylation sites is 2. The summed E-state index contributed by atoms with van der Waals surface area (Å²) in [6.45, 7) is 0. The van der Waals surface area contributed by atoms with E-state index in [4.69, 9.17) is 14.4 Å². The van der Waals surface area contributed by atoms with Crippen LogP contribution in [0.2, 0.25) is 0 Å². The van der Waals surface area contributed by atoms with Gasteiger partial charge in [0.2, 0.25) is 0 Å². The molecular weight excluding hydrogens is 591 g/mol. The molecule has 0 aliphatic heterocycles. The van der Waals surface area contributed by atoms with Crippen molar-refractivity contribution in [2.75, 3.05) is 0 Å². The molecule has 0 N–H and O–H groups in total. The lowest BCUT2D eigenvalue weighted by atomic mass is 9.95. The predicted molar refractivity (Wildman–Crippen MR) is 187 cm³/mol. The van der Waals surface area contributed by atoms with Gasteiger partial charge >= 0.3 is 0 Å². The summed E-state index contributed by atoms with van der Waals surface area (Å²) in [5.74, 6) is 0. The quantitative estimate of drug-likeness (QED) is 0.199. The summed E-state index contributed by atoms with van der Waals surface area (Å²) < 4.78 is 8.60. The predicted octanol–water partition coefficient (Wildman–Crippen LogP) is 11.3. The highest BCUT2D eigenvalue weighted by molar-refractivity contribution is 7.22. The zero-order valence-corrected chi connectivity index (χ0v) is 25.3. The van der Waals surface area contributed by atoms with Crippen LogP contribution in [0, 0.1) is 11.3 Å². The van der Waals surface area contributed by atoms with Crippen LogP contribution in [0.4, 0.5) is 0 Å². The SMILES string of the molecule is N#Cc1ccc2c(c1)oc1cc(-c3cc(-c4ccc(-c5nc6ccccc6s5)cc4)cc(-c4nc5ccccc5s4)c3)ccc12. The highest BCUT2D eigenvalue weighted by Crippen LogP contribution is 2.39. The molecule has 0 aliphatic rings. The van der Waals surface area contributed by atoms with Crippen molar-refractivity contribution in [1.29, 1.82) is 5.26 Å². The second-order valence-corrected chi connectivity index (χ2v) is 13.0. The number of benzene rings is 6. The molecule has 210 valence electrons. The van der Waals surface area contributed by atoms with Gasteiger partial charge in [-0.1, -0.05) is 54.6 Å². The molecule has 0 bridgehead atoms. The average molecular weight is 612 g/mol. The van der Waals surface area contributed by atoms with Gasteiger partial charge in [-0.05, 0) is 95.1 Å². The molecule has 3 aromatic heterocycles. The number of rotatable bonds is 4. The van der Waals surface area contributed by atoms with Gasteiger partial charge in [-0.15, -0.1) is 22.7 Å². The fraction of sp³-hybridized carbons (Fsp3) is 0. The molecule has 0 aliphatic carbocycles. The zero-order chi connectivity index (χ0) is 29.9. The van der Waals surface area contributed by atoms with Crippen molar-refractivity contribution in [3.8, 4) is 49.5 Å². The lowest BCUT2D eigenvalue weighted by Gasteiger charge is -2.10. The van der Waals surface area contributed by atoms with E-state index in [1.165, 1.54) is 9.40 Å². The third-order valence-corrected chi connectivity index (χ3v) is 10.3. The van der Waals surface area contributed by atoms with E-state index in [0.717, 1.165) is 76.4 Å². The van der Waals surface area contributed by atoms with Crippen molar-refractivity contribution in [2.45, 2.75) is 0 Å². The number of aromatic nitrogens is 2. The van der Waals surface area contributed by atoms with Gasteiger partial charge in [-0.3, -0.25) is 0 Å². The van der Waals surface area contributed by atoms with E-state index >= 15 is 0 Å². The molecule has 0 spiro atoms. The van der Waals surface area contributed by atoms with Crippen LogP contribution in [0.15, 0.2) is 132 Å². The standard InChI is InChI=1S/C39H21N3OS2/c40-22-23-9-15-30-31-16-14-26(21-35(31)43-34(30)17-23)28-18-27(19-29(20-28)39-42-33-6-2-4-8-37(33)45-39)24-10-12-25(13-11-24)38-41-32-5-1-3-7-36(32)44-38/h1-21H. The first-order valence-corrected chi connectivity index (χ1v) is 16.2. The summed E-state index contributed by atoms with van der Waals surface area (Å²) in [7, 11) is 0. The van der Waals surface area contributed by atoms with Gasteiger partial charge in [-0.2, -0.15) is 5.26 Å². The minimum Gasteiger partial charge on any atom is -0.456 e. The third-order valence-electron chi connectivity index (χ3n) is 8.17. The monoisotopic (exact) mass is 611 g/mol. The Bertz CT molecular complexity index is 2550. The Morgan fingerprint density at radius 1 is 0.489 bits per heavy atom. The van der Waals surface area contributed by atoms with Crippen LogP contribution in [0.25, 0.3) is 85.8 Å². The Hall–Kier alpha value is -5.61.